The monoisotopic (exact) mass is 521 g/mol. The largest absolute Gasteiger partial charge is 0.493 e. The van der Waals surface area contributed by atoms with Crippen LogP contribution >= 0.6 is 0 Å². The van der Waals surface area contributed by atoms with Gasteiger partial charge in [0.1, 0.15) is 5.75 Å². The number of nitrogens with zero attached hydrogens (tertiary/aromatic N) is 2. The lowest BCUT2D eigenvalue weighted by atomic mass is 9.91. The van der Waals surface area contributed by atoms with Crippen molar-refractivity contribution in [2.24, 2.45) is 11.7 Å². The highest BCUT2D eigenvalue weighted by Crippen LogP contribution is 2.38. The average molecular weight is 522 g/mol. The summed E-state index contributed by atoms with van der Waals surface area (Å²) in [6, 6.07) is 15.1. The number of hydrogen-bond acceptors (Lipinski definition) is 6. The van der Waals surface area contributed by atoms with E-state index in [0.717, 1.165) is 68.8 Å². The van der Waals surface area contributed by atoms with Crippen molar-refractivity contribution in [1.29, 1.82) is 0 Å². The zero-order valence-corrected chi connectivity index (χ0v) is 22.9. The molecule has 5 rings (SSSR count). The number of carbonyl (C=O) groups is 1. The second kappa shape index (κ2) is 12.6. The average Bonchev–Trinajstić information content (AvgIpc) is 3.70. The van der Waals surface area contributed by atoms with Gasteiger partial charge in [-0.2, -0.15) is 0 Å². The van der Waals surface area contributed by atoms with Gasteiger partial charge in [0.15, 0.2) is 6.29 Å². The van der Waals surface area contributed by atoms with Crippen LogP contribution in [-0.4, -0.2) is 62.6 Å². The molecule has 0 saturated carbocycles. The maximum Gasteiger partial charge on any atom is 0.241 e. The zero-order chi connectivity index (χ0) is 26.5. The second-order valence-electron chi connectivity index (χ2n) is 11.1. The first-order valence-electron chi connectivity index (χ1n) is 14.4. The summed E-state index contributed by atoms with van der Waals surface area (Å²) in [4.78, 5) is 18.3. The molecule has 2 fully saturated rings. The number of rotatable bonds is 11. The normalized spacial score (nSPS) is 22.4. The molecule has 2 aromatic carbocycles. The first-order valence-corrected chi connectivity index (χ1v) is 14.4. The minimum atomic E-state index is -0.149. The number of carbonyl (C=O) groups excluding carboxylic acids is 1. The summed E-state index contributed by atoms with van der Waals surface area (Å²) in [6.07, 6.45) is 4.80. The Bertz CT molecular complexity index is 1090. The van der Waals surface area contributed by atoms with Crippen molar-refractivity contribution in [2.75, 3.05) is 44.4 Å². The maximum absolute atomic E-state index is 13.9. The third-order valence-corrected chi connectivity index (χ3v) is 8.30. The van der Waals surface area contributed by atoms with Crippen LogP contribution in [0.3, 0.4) is 0 Å². The van der Waals surface area contributed by atoms with Gasteiger partial charge in [0.2, 0.25) is 5.91 Å². The van der Waals surface area contributed by atoms with Crippen molar-refractivity contribution in [3.05, 3.63) is 59.2 Å². The van der Waals surface area contributed by atoms with Gasteiger partial charge >= 0.3 is 0 Å². The molecule has 0 aliphatic carbocycles. The quantitative estimate of drug-likeness (QED) is 0.470. The van der Waals surface area contributed by atoms with Gasteiger partial charge in [-0.3, -0.25) is 9.69 Å². The number of ether oxygens (including phenoxy) is 3. The van der Waals surface area contributed by atoms with Crippen LogP contribution in [0.2, 0.25) is 0 Å². The van der Waals surface area contributed by atoms with Crippen LogP contribution in [0.1, 0.15) is 62.1 Å². The van der Waals surface area contributed by atoms with Gasteiger partial charge in [-0.1, -0.05) is 44.5 Å². The number of fused-ring (bicyclic) bond motifs is 1. The fourth-order valence-corrected chi connectivity index (χ4v) is 6.19. The minimum absolute atomic E-state index is 0.149. The Balaban J connectivity index is 1.34. The predicted molar refractivity (Wildman–Crippen MR) is 149 cm³/mol. The van der Waals surface area contributed by atoms with Gasteiger partial charge in [-0.25, -0.2) is 0 Å². The van der Waals surface area contributed by atoms with Gasteiger partial charge in [0, 0.05) is 43.7 Å². The molecule has 7 heteroatoms. The lowest BCUT2D eigenvalue weighted by Gasteiger charge is -2.30. The van der Waals surface area contributed by atoms with Crippen molar-refractivity contribution >= 4 is 11.6 Å². The molecule has 0 bridgehead atoms. The molecule has 1 amide bonds. The van der Waals surface area contributed by atoms with Crippen LogP contribution in [0.15, 0.2) is 42.5 Å². The summed E-state index contributed by atoms with van der Waals surface area (Å²) in [5, 5.41) is 0. The van der Waals surface area contributed by atoms with Crippen molar-refractivity contribution in [2.45, 2.75) is 70.7 Å². The molecule has 3 heterocycles. The van der Waals surface area contributed by atoms with Gasteiger partial charge in [0.25, 0.3) is 0 Å². The maximum atomic E-state index is 13.9. The number of hydrogen-bond donors (Lipinski definition) is 1. The smallest absolute Gasteiger partial charge is 0.241 e. The zero-order valence-electron chi connectivity index (χ0n) is 22.9. The number of anilines is 1. The molecule has 0 aromatic heterocycles. The van der Waals surface area contributed by atoms with Crippen molar-refractivity contribution in [1.82, 2.24) is 4.90 Å². The first-order chi connectivity index (χ1) is 18.6. The summed E-state index contributed by atoms with van der Waals surface area (Å²) >= 11 is 0. The Morgan fingerprint density at radius 3 is 2.79 bits per heavy atom. The molecule has 0 radical (unpaired) electrons. The molecule has 0 spiro atoms. The van der Waals surface area contributed by atoms with Crippen LogP contribution in [0, 0.1) is 5.92 Å². The molecular weight excluding hydrogens is 478 g/mol. The first kappa shape index (κ1) is 27.1. The number of benzene rings is 2. The number of nitrogens with two attached hydrogens (primary N) is 1. The molecule has 3 unspecified atom stereocenters. The molecule has 3 atom stereocenters. The fourth-order valence-electron chi connectivity index (χ4n) is 6.19. The van der Waals surface area contributed by atoms with E-state index in [0.29, 0.717) is 38.3 Å². The van der Waals surface area contributed by atoms with E-state index in [9.17, 15) is 4.79 Å². The Morgan fingerprint density at radius 2 is 2.00 bits per heavy atom. The van der Waals surface area contributed by atoms with Crippen LogP contribution in [0.4, 0.5) is 5.69 Å². The van der Waals surface area contributed by atoms with E-state index in [2.05, 4.69) is 43.0 Å². The molecular formula is C31H43N3O4. The Labute approximate surface area is 227 Å². The standard InChI is InChI=1S/C31H43N3O4/c1-3-4-11-34(27-7-5-6-23(16-27)19-32)30(35)21-33-20-26(24-8-9-29-25(17-24)10-12-36-29)18-28(33)15-22(2)31-37-13-14-38-31/h5-9,16-17,22,26,28,31H,3-4,10-15,18-21,32H2,1-2H3. The highest BCUT2D eigenvalue weighted by atomic mass is 16.7. The summed E-state index contributed by atoms with van der Waals surface area (Å²) in [5.74, 6) is 1.83. The van der Waals surface area contributed by atoms with Crippen molar-refractivity contribution in [3.8, 4) is 5.75 Å². The van der Waals surface area contributed by atoms with Gasteiger partial charge in [0.05, 0.1) is 26.4 Å². The molecule has 2 aromatic rings. The minimum Gasteiger partial charge on any atom is -0.493 e. The molecule has 2 N–H and O–H groups in total. The van der Waals surface area contributed by atoms with E-state index in [-0.39, 0.29) is 18.1 Å². The molecule has 38 heavy (non-hydrogen) atoms. The highest BCUT2D eigenvalue weighted by Gasteiger charge is 2.38. The van der Waals surface area contributed by atoms with E-state index in [1.807, 2.05) is 23.1 Å². The van der Waals surface area contributed by atoms with Gasteiger partial charge < -0.3 is 24.8 Å². The van der Waals surface area contributed by atoms with E-state index in [1.165, 1.54) is 11.1 Å². The van der Waals surface area contributed by atoms with Crippen LogP contribution < -0.4 is 15.4 Å². The van der Waals surface area contributed by atoms with E-state index in [4.69, 9.17) is 19.9 Å². The summed E-state index contributed by atoms with van der Waals surface area (Å²) < 4.78 is 17.4. The molecule has 206 valence electrons. The van der Waals surface area contributed by atoms with Crippen LogP contribution in [-0.2, 0) is 27.2 Å². The van der Waals surface area contributed by atoms with Gasteiger partial charge in [-0.05, 0) is 60.1 Å². The summed E-state index contributed by atoms with van der Waals surface area (Å²) in [6.45, 7) is 8.93. The topological polar surface area (TPSA) is 77.3 Å². The second-order valence-corrected chi connectivity index (χ2v) is 11.1. The van der Waals surface area contributed by atoms with Gasteiger partial charge in [-0.15, -0.1) is 0 Å². The Hall–Kier alpha value is -2.45. The lowest BCUT2D eigenvalue weighted by Crippen LogP contribution is -2.43. The highest BCUT2D eigenvalue weighted by molar-refractivity contribution is 5.95. The van der Waals surface area contributed by atoms with E-state index in [1.54, 1.807) is 0 Å². The molecule has 7 nitrogen and oxygen atoms in total. The summed E-state index contributed by atoms with van der Waals surface area (Å²) in [5.41, 5.74) is 10.6. The number of amides is 1. The lowest BCUT2D eigenvalue weighted by molar-refractivity contribution is -0.120. The van der Waals surface area contributed by atoms with Crippen LogP contribution in [0.5, 0.6) is 5.75 Å². The van der Waals surface area contributed by atoms with E-state index < -0.39 is 0 Å². The Kier molecular flexibility index (Phi) is 9.00. The van der Waals surface area contributed by atoms with E-state index >= 15 is 0 Å². The van der Waals surface area contributed by atoms with Crippen LogP contribution in [0.25, 0.3) is 0 Å². The molecule has 2 saturated heterocycles. The summed E-state index contributed by atoms with van der Waals surface area (Å²) in [7, 11) is 0. The fraction of sp³-hybridized carbons (Fsp3) is 0.581. The molecule has 3 aliphatic heterocycles. The third kappa shape index (κ3) is 6.23. The predicted octanol–water partition coefficient (Wildman–Crippen LogP) is 4.47. The molecule has 3 aliphatic rings. The third-order valence-electron chi connectivity index (χ3n) is 8.30. The Morgan fingerprint density at radius 1 is 1.16 bits per heavy atom. The van der Waals surface area contributed by atoms with Crippen molar-refractivity contribution < 1.29 is 19.0 Å². The SMILES string of the molecule is CCCCN(C(=O)CN1CC(c2ccc3c(c2)CCO3)CC1CC(C)C1OCCO1)c1cccc(CN)c1. The number of likely N-dealkylation sites (tertiary alicyclic amines) is 1. The van der Waals surface area contributed by atoms with Crippen molar-refractivity contribution in [3.63, 3.8) is 0 Å². The number of unbranched alkanes of at least 4 members (excludes halogenated alkanes) is 1.